The van der Waals surface area contributed by atoms with Crippen molar-refractivity contribution in [3.63, 3.8) is 0 Å². The highest BCUT2D eigenvalue weighted by atomic mass is 16.5. The summed E-state index contributed by atoms with van der Waals surface area (Å²) in [5.74, 6) is 0.806. The molecule has 6 heteroatoms. The molecule has 0 aromatic carbocycles. The van der Waals surface area contributed by atoms with Gasteiger partial charge in [0.2, 0.25) is 5.88 Å². The molecule has 0 bridgehead atoms. The Labute approximate surface area is 135 Å². The van der Waals surface area contributed by atoms with Crippen molar-refractivity contribution in [3.8, 4) is 5.88 Å². The van der Waals surface area contributed by atoms with Gasteiger partial charge in [-0.15, -0.1) is 0 Å². The second-order valence-electron chi connectivity index (χ2n) is 5.99. The Bertz CT molecular complexity index is 701. The van der Waals surface area contributed by atoms with Gasteiger partial charge in [-0.25, -0.2) is 9.97 Å². The highest BCUT2D eigenvalue weighted by molar-refractivity contribution is 6.03. The zero-order valence-corrected chi connectivity index (χ0v) is 13.6. The van der Waals surface area contributed by atoms with E-state index < -0.39 is 0 Å². The highest BCUT2D eigenvalue weighted by Crippen LogP contribution is 2.29. The summed E-state index contributed by atoms with van der Waals surface area (Å²) in [6.07, 6.45) is 5.36. The first-order valence-corrected chi connectivity index (χ1v) is 7.74. The van der Waals surface area contributed by atoms with Crippen LogP contribution < -0.4 is 10.1 Å². The van der Waals surface area contributed by atoms with Crippen LogP contribution in [0.3, 0.4) is 0 Å². The molecular weight excluding hydrogens is 292 g/mol. The van der Waals surface area contributed by atoms with E-state index in [1.54, 1.807) is 0 Å². The maximum Gasteiger partial charge on any atom is 0.275 e. The van der Waals surface area contributed by atoms with Gasteiger partial charge < -0.3 is 10.1 Å². The molecule has 1 amide bonds. The number of amides is 1. The summed E-state index contributed by atoms with van der Waals surface area (Å²) in [7, 11) is 0. The van der Waals surface area contributed by atoms with Crippen molar-refractivity contribution in [3.05, 3.63) is 41.1 Å². The second-order valence-corrected chi connectivity index (χ2v) is 5.99. The van der Waals surface area contributed by atoms with Crippen LogP contribution in [0.4, 0.5) is 5.69 Å². The fourth-order valence-electron chi connectivity index (χ4n) is 2.39. The fourth-order valence-corrected chi connectivity index (χ4v) is 2.39. The first-order valence-electron chi connectivity index (χ1n) is 7.74. The minimum absolute atomic E-state index is 0.253. The lowest BCUT2D eigenvalue weighted by atomic mass is 10.1. The zero-order chi connectivity index (χ0) is 16.4. The van der Waals surface area contributed by atoms with E-state index in [9.17, 15) is 4.79 Å². The molecule has 2 heterocycles. The Morgan fingerprint density at radius 1 is 1.26 bits per heavy atom. The maximum atomic E-state index is 12.3. The molecule has 2 aromatic rings. The van der Waals surface area contributed by atoms with E-state index in [-0.39, 0.29) is 11.6 Å². The van der Waals surface area contributed by atoms with Crippen LogP contribution in [-0.4, -0.2) is 27.5 Å². The lowest BCUT2D eigenvalue weighted by Gasteiger charge is -2.11. The average Bonchev–Trinajstić information content (AvgIpc) is 3.33. The van der Waals surface area contributed by atoms with E-state index >= 15 is 0 Å². The normalized spacial score (nSPS) is 13.7. The molecule has 23 heavy (non-hydrogen) atoms. The van der Waals surface area contributed by atoms with E-state index in [0.29, 0.717) is 18.4 Å². The zero-order valence-electron chi connectivity index (χ0n) is 13.6. The molecular formula is C17H20N4O2. The molecule has 1 saturated carbocycles. The Hall–Kier alpha value is -2.50. The van der Waals surface area contributed by atoms with Crippen molar-refractivity contribution < 1.29 is 9.53 Å². The largest absolute Gasteiger partial charge is 0.476 e. The Kier molecular flexibility index (Phi) is 4.23. The van der Waals surface area contributed by atoms with Gasteiger partial charge in [0.25, 0.3) is 5.91 Å². The minimum Gasteiger partial charge on any atom is -0.476 e. The SMILES string of the molecule is Cc1cc(C)c(NC(=O)c2cnc(OCC3CC3)cn2)c(C)n1. The van der Waals surface area contributed by atoms with E-state index in [4.69, 9.17) is 4.74 Å². The van der Waals surface area contributed by atoms with Crippen LogP contribution in [0.1, 0.15) is 40.3 Å². The number of pyridine rings is 1. The summed E-state index contributed by atoms with van der Waals surface area (Å²) in [5, 5.41) is 2.86. The van der Waals surface area contributed by atoms with Crippen molar-refractivity contribution in [2.45, 2.75) is 33.6 Å². The molecule has 1 N–H and O–H groups in total. The third-order valence-electron chi connectivity index (χ3n) is 3.79. The van der Waals surface area contributed by atoms with E-state index in [0.717, 1.165) is 22.6 Å². The number of carbonyl (C=O) groups is 1. The first kappa shape index (κ1) is 15.4. The number of ether oxygens (including phenoxy) is 1. The van der Waals surface area contributed by atoms with Crippen LogP contribution in [-0.2, 0) is 0 Å². The van der Waals surface area contributed by atoms with Crippen LogP contribution >= 0.6 is 0 Å². The molecule has 1 aliphatic carbocycles. The lowest BCUT2D eigenvalue weighted by Crippen LogP contribution is -2.16. The molecule has 0 spiro atoms. The first-order chi connectivity index (χ1) is 11.0. The van der Waals surface area contributed by atoms with E-state index in [1.807, 2.05) is 26.8 Å². The number of aromatic nitrogens is 3. The van der Waals surface area contributed by atoms with Crippen molar-refractivity contribution >= 4 is 11.6 Å². The monoisotopic (exact) mass is 312 g/mol. The second kappa shape index (κ2) is 6.32. The number of hydrogen-bond donors (Lipinski definition) is 1. The third-order valence-corrected chi connectivity index (χ3v) is 3.79. The predicted molar refractivity (Wildman–Crippen MR) is 86.7 cm³/mol. The van der Waals surface area contributed by atoms with Crippen LogP contribution in [0.2, 0.25) is 0 Å². The molecule has 3 rings (SSSR count). The van der Waals surface area contributed by atoms with Crippen molar-refractivity contribution in [1.29, 1.82) is 0 Å². The molecule has 1 fully saturated rings. The van der Waals surface area contributed by atoms with E-state index in [1.165, 1.54) is 25.2 Å². The molecule has 2 aromatic heterocycles. The Morgan fingerprint density at radius 2 is 2.04 bits per heavy atom. The van der Waals surface area contributed by atoms with Gasteiger partial charge in [-0.3, -0.25) is 9.78 Å². The molecule has 0 unspecified atom stereocenters. The molecule has 0 saturated heterocycles. The summed E-state index contributed by atoms with van der Waals surface area (Å²) in [6, 6.07) is 1.93. The fraction of sp³-hybridized carbons (Fsp3) is 0.412. The third kappa shape index (κ3) is 3.83. The number of aryl methyl sites for hydroxylation is 3. The maximum absolute atomic E-state index is 12.3. The average molecular weight is 312 g/mol. The predicted octanol–water partition coefficient (Wildman–Crippen LogP) is 2.84. The minimum atomic E-state index is -0.303. The number of nitrogens with one attached hydrogen (secondary N) is 1. The number of hydrogen-bond acceptors (Lipinski definition) is 5. The van der Waals surface area contributed by atoms with Crippen LogP contribution in [0.5, 0.6) is 5.88 Å². The number of anilines is 1. The quantitative estimate of drug-likeness (QED) is 0.918. The van der Waals surface area contributed by atoms with Gasteiger partial charge in [-0.05, 0) is 51.2 Å². The smallest absolute Gasteiger partial charge is 0.275 e. The molecule has 1 aliphatic rings. The Balaban J connectivity index is 1.68. The van der Waals surface area contributed by atoms with Crippen LogP contribution in [0, 0.1) is 26.7 Å². The van der Waals surface area contributed by atoms with Crippen molar-refractivity contribution in [2.75, 3.05) is 11.9 Å². The van der Waals surface area contributed by atoms with Gasteiger partial charge >= 0.3 is 0 Å². The summed E-state index contributed by atoms with van der Waals surface area (Å²) in [4.78, 5) is 24.9. The number of nitrogens with zero attached hydrogens (tertiary/aromatic N) is 3. The number of carbonyl (C=O) groups excluding carboxylic acids is 1. The topological polar surface area (TPSA) is 77.0 Å². The molecule has 120 valence electrons. The molecule has 0 aliphatic heterocycles. The van der Waals surface area contributed by atoms with Crippen LogP contribution in [0.25, 0.3) is 0 Å². The van der Waals surface area contributed by atoms with E-state index in [2.05, 4.69) is 20.3 Å². The highest BCUT2D eigenvalue weighted by Gasteiger charge is 2.22. The summed E-state index contributed by atoms with van der Waals surface area (Å²) in [6.45, 7) is 6.42. The Morgan fingerprint density at radius 3 is 2.65 bits per heavy atom. The standard InChI is InChI=1S/C17H20N4O2/c1-10-6-11(2)20-12(3)16(10)21-17(22)14-7-19-15(8-18-14)23-9-13-4-5-13/h6-8,13H,4-5,9H2,1-3H3,(H,21,22). The summed E-state index contributed by atoms with van der Waals surface area (Å²) < 4.78 is 5.52. The molecule has 0 atom stereocenters. The summed E-state index contributed by atoms with van der Waals surface area (Å²) >= 11 is 0. The van der Waals surface area contributed by atoms with Gasteiger partial charge in [-0.1, -0.05) is 0 Å². The van der Waals surface area contributed by atoms with Crippen molar-refractivity contribution in [1.82, 2.24) is 15.0 Å². The van der Waals surface area contributed by atoms with Crippen LogP contribution in [0.15, 0.2) is 18.5 Å². The molecule has 0 radical (unpaired) electrons. The number of rotatable bonds is 5. The molecule has 6 nitrogen and oxygen atoms in total. The van der Waals surface area contributed by atoms with Gasteiger partial charge in [0.15, 0.2) is 0 Å². The van der Waals surface area contributed by atoms with Gasteiger partial charge in [0.1, 0.15) is 5.69 Å². The lowest BCUT2D eigenvalue weighted by molar-refractivity contribution is 0.102. The van der Waals surface area contributed by atoms with Gasteiger partial charge in [0.05, 0.1) is 30.4 Å². The summed E-state index contributed by atoms with van der Waals surface area (Å²) in [5.41, 5.74) is 3.66. The van der Waals surface area contributed by atoms with Gasteiger partial charge in [-0.2, -0.15) is 0 Å². The van der Waals surface area contributed by atoms with Gasteiger partial charge in [0, 0.05) is 5.69 Å². The van der Waals surface area contributed by atoms with Crippen molar-refractivity contribution in [2.24, 2.45) is 5.92 Å².